The van der Waals surface area contributed by atoms with Crippen molar-refractivity contribution < 1.29 is 18.8 Å². The lowest BCUT2D eigenvalue weighted by Gasteiger charge is -2.09. The second kappa shape index (κ2) is 7.60. The lowest BCUT2D eigenvalue weighted by molar-refractivity contribution is -0.384. The van der Waals surface area contributed by atoms with Gasteiger partial charge in [-0.25, -0.2) is 4.39 Å². The highest BCUT2D eigenvalue weighted by atomic mass is 35.5. The van der Waals surface area contributed by atoms with Crippen LogP contribution in [-0.4, -0.2) is 24.5 Å². The maximum absolute atomic E-state index is 13.1. The van der Waals surface area contributed by atoms with E-state index in [0.29, 0.717) is 11.4 Å². The Morgan fingerprint density at radius 2 is 2.08 bits per heavy atom. The van der Waals surface area contributed by atoms with E-state index in [9.17, 15) is 19.3 Å². The van der Waals surface area contributed by atoms with E-state index in [0.717, 1.165) is 6.07 Å². The van der Waals surface area contributed by atoms with Crippen LogP contribution in [-0.2, 0) is 4.79 Å². The minimum absolute atomic E-state index is 0.0461. The molecule has 0 aliphatic heterocycles. The summed E-state index contributed by atoms with van der Waals surface area (Å²) < 4.78 is 18.0. The Morgan fingerprint density at radius 3 is 2.71 bits per heavy atom. The average molecular weight is 354 g/mol. The molecule has 0 atom stereocenters. The monoisotopic (exact) mass is 353 g/mol. The average Bonchev–Trinajstić information content (AvgIpc) is 2.56. The molecule has 0 saturated carbocycles. The zero-order valence-electron chi connectivity index (χ0n) is 12.5. The predicted octanol–water partition coefficient (Wildman–Crippen LogP) is 3.45. The van der Waals surface area contributed by atoms with Crippen molar-refractivity contribution in [2.24, 2.45) is 0 Å². The van der Waals surface area contributed by atoms with Gasteiger partial charge < -0.3 is 15.4 Å². The molecule has 1 amide bonds. The van der Waals surface area contributed by atoms with Gasteiger partial charge in [0, 0.05) is 5.69 Å². The molecule has 2 aromatic rings. The molecule has 2 aromatic carbocycles. The number of methoxy groups -OCH3 is 1. The summed E-state index contributed by atoms with van der Waals surface area (Å²) in [5.41, 5.74) is 0.207. The van der Waals surface area contributed by atoms with Crippen molar-refractivity contribution in [1.29, 1.82) is 0 Å². The van der Waals surface area contributed by atoms with Crippen molar-refractivity contribution >= 4 is 34.6 Å². The molecule has 2 N–H and O–H groups in total. The largest absolute Gasteiger partial charge is 0.496 e. The van der Waals surface area contributed by atoms with Crippen LogP contribution in [0, 0.1) is 15.9 Å². The summed E-state index contributed by atoms with van der Waals surface area (Å²) in [6.07, 6.45) is 0. The fourth-order valence-electron chi connectivity index (χ4n) is 1.88. The van der Waals surface area contributed by atoms with Crippen LogP contribution >= 0.6 is 11.6 Å². The molecule has 9 heteroatoms. The van der Waals surface area contributed by atoms with E-state index >= 15 is 0 Å². The summed E-state index contributed by atoms with van der Waals surface area (Å²) in [7, 11) is 1.38. The minimum Gasteiger partial charge on any atom is -0.496 e. The number of halogens is 2. The van der Waals surface area contributed by atoms with Crippen LogP contribution in [0.5, 0.6) is 5.75 Å². The van der Waals surface area contributed by atoms with E-state index in [1.165, 1.54) is 37.4 Å². The molecule has 0 unspecified atom stereocenters. The van der Waals surface area contributed by atoms with Crippen molar-refractivity contribution in [2.45, 2.75) is 0 Å². The number of rotatable bonds is 6. The van der Waals surface area contributed by atoms with Crippen molar-refractivity contribution in [3.63, 3.8) is 0 Å². The number of carbonyl (C=O) groups excluding carboxylic acids is 1. The number of nitro benzene ring substituents is 1. The van der Waals surface area contributed by atoms with E-state index < -0.39 is 16.6 Å². The number of ether oxygens (including phenoxy) is 1. The van der Waals surface area contributed by atoms with Crippen molar-refractivity contribution in [1.82, 2.24) is 0 Å². The van der Waals surface area contributed by atoms with Gasteiger partial charge in [-0.15, -0.1) is 0 Å². The summed E-state index contributed by atoms with van der Waals surface area (Å²) in [6, 6.07) is 8.00. The predicted molar refractivity (Wildman–Crippen MR) is 88.2 cm³/mol. The summed E-state index contributed by atoms with van der Waals surface area (Å²) in [5, 5.41) is 16.2. The van der Waals surface area contributed by atoms with Crippen LogP contribution in [0.1, 0.15) is 0 Å². The van der Waals surface area contributed by atoms with Gasteiger partial charge in [0.2, 0.25) is 5.91 Å². The van der Waals surface area contributed by atoms with Crippen LogP contribution in [0.15, 0.2) is 36.4 Å². The lowest BCUT2D eigenvalue weighted by Crippen LogP contribution is -2.22. The Bertz CT molecular complexity index is 785. The molecular weight excluding hydrogens is 341 g/mol. The number of hydrogen-bond donors (Lipinski definition) is 2. The maximum atomic E-state index is 13.1. The minimum atomic E-state index is -0.620. The van der Waals surface area contributed by atoms with Crippen LogP contribution in [0.2, 0.25) is 5.02 Å². The van der Waals surface area contributed by atoms with Crippen LogP contribution in [0.3, 0.4) is 0 Å². The van der Waals surface area contributed by atoms with Crippen LogP contribution in [0.4, 0.5) is 21.5 Å². The van der Waals surface area contributed by atoms with Gasteiger partial charge in [-0.1, -0.05) is 11.6 Å². The van der Waals surface area contributed by atoms with Crippen molar-refractivity contribution in [3.8, 4) is 5.75 Å². The molecule has 0 radical (unpaired) electrons. The standard InChI is InChI=1S/C15H13ClFN3O4/c1-24-10-3-5-13(14(7-10)20(22)23)19-15(21)8-18-9-2-4-12(17)11(16)6-9/h2-7,18H,8H2,1H3,(H,19,21). The first kappa shape index (κ1) is 17.5. The van der Waals surface area contributed by atoms with Gasteiger partial charge in [0.15, 0.2) is 0 Å². The van der Waals surface area contributed by atoms with Gasteiger partial charge in [-0.2, -0.15) is 0 Å². The molecule has 0 heterocycles. The number of benzene rings is 2. The molecule has 0 aromatic heterocycles. The maximum Gasteiger partial charge on any atom is 0.296 e. The SMILES string of the molecule is COc1ccc(NC(=O)CNc2ccc(F)c(Cl)c2)c([N+](=O)[O-])c1. The fourth-order valence-corrected chi connectivity index (χ4v) is 2.06. The zero-order valence-corrected chi connectivity index (χ0v) is 13.3. The van der Waals surface area contributed by atoms with E-state index in [1.807, 2.05) is 0 Å². The highest BCUT2D eigenvalue weighted by Crippen LogP contribution is 2.28. The summed E-state index contributed by atoms with van der Waals surface area (Å²) >= 11 is 5.64. The number of nitro groups is 1. The highest BCUT2D eigenvalue weighted by Gasteiger charge is 2.17. The first-order valence-electron chi connectivity index (χ1n) is 6.72. The molecule has 0 aliphatic rings. The smallest absolute Gasteiger partial charge is 0.296 e. The van der Waals surface area contributed by atoms with E-state index in [4.69, 9.17) is 16.3 Å². The summed E-state index contributed by atoms with van der Waals surface area (Å²) in [5.74, 6) is -0.775. The number of carbonyl (C=O) groups is 1. The fraction of sp³-hybridized carbons (Fsp3) is 0.133. The van der Waals surface area contributed by atoms with Crippen molar-refractivity contribution in [3.05, 3.63) is 57.4 Å². The van der Waals surface area contributed by atoms with Gasteiger partial charge >= 0.3 is 0 Å². The van der Waals surface area contributed by atoms with E-state index in [-0.39, 0.29) is 22.9 Å². The Morgan fingerprint density at radius 1 is 1.33 bits per heavy atom. The number of hydrogen-bond acceptors (Lipinski definition) is 5. The first-order valence-corrected chi connectivity index (χ1v) is 7.09. The molecule has 0 spiro atoms. The molecule has 7 nitrogen and oxygen atoms in total. The Balaban J connectivity index is 2.04. The van der Waals surface area contributed by atoms with Crippen LogP contribution in [0.25, 0.3) is 0 Å². The third-order valence-electron chi connectivity index (χ3n) is 3.05. The Hall–Kier alpha value is -2.87. The Kier molecular flexibility index (Phi) is 5.54. The first-order chi connectivity index (χ1) is 11.4. The third kappa shape index (κ3) is 4.32. The van der Waals surface area contributed by atoms with Gasteiger partial charge in [0.1, 0.15) is 17.3 Å². The van der Waals surface area contributed by atoms with E-state index in [1.54, 1.807) is 0 Å². The molecule has 0 saturated heterocycles. The quantitative estimate of drug-likeness (QED) is 0.613. The van der Waals surface area contributed by atoms with Crippen LogP contribution < -0.4 is 15.4 Å². The molecule has 0 aliphatic carbocycles. The third-order valence-corrected chi connectivity index (χ3v) is 3.34. The lowest BCUT2D eigenvalue weighted by atomic mass is 10.2. The number of nitrogens with one attached hydrogen (secondary N) is 2. The highest BCUT2D eigenvalue weighted by molar-refractivity contribution is 6.31. The van der Waals surface area contributed by atoms with E-state index in [2.05, 4.69) is 10.6 Å². The molecule has 0 fully saturated rings. The number of nitrogens with zero attached hydrogens (tertiary/aromatic N) is 1. The Labute approximate surface area is 141 Å². The zero-order chi connectivity index (χ0) is 17.7. The molecule has 0 bridgehead atoms. The van der Waals surface area contributed by atoms with Crippen molar-refractivity contribution in [2.75, 3.05) is 24.3 Å². The van der Waals surface area contributed by atoms with Gasteiger partial charge in [0.05, 0.1) is 29.7 Å². The molecule has 24 heavy (non-hydrogen) atoms. The second-order valence-electron chi connectivity index (χ2n) is 4.67. The normalized spacial score (nSPS) is 10.1. The van der Waals surface area contributed by atoms with Gasteiger partial charge in [-0.05, 0) is 30.3 Å². The van der Waals surface area contributed by atoms with Gasteiger partial charge in [0.25, 0.3) is 5.69 Å². The second-order valence-corrected chi connectivity index (χ2v) is 5.08. The number of anilines is 2. The summed E-state index contributed by atoms with van der Waals surface area (Å²) in [4.78, 5) is 22.4. The molecule has 126 valence electrons. The summed E-state index contributed by atoms with van der Waals surface area (Å²) in [6.45, 7) is -0.175. The topological polar surface area (TPSA) is 93.5 Å². The van der Waals surface area contributed by atoms with Gasteiger partial charge in [-0.3, -0.25) is 14.9 Å². The molecule has 2 rings (SSSR count). The number of amides is 1. The molecular formula is C15H13ClFN3O4.